The Hall–Kier alpha value is -1.74. The molecule has 0 atom stereocenters. The molecule has 0 saturated carbocycles. The van der Waals surface area contributed by atoms with Gasteiger partial charge in [-0.2, -0.15) is 0 Å². The van der Waals surface area contributed by atoms with Gasteiger partial charge in [0.15, 0.2) is 0 Å². The molecule has 4 heteroatoms. The topological polar surface area (TPSA) is 48.1 Å². The van der Waals surface area contributed by atoms with Gasteiger partial charge in [-0.3, -0.25) is 0 Å². The van der Waals surface area contributed by atoms with Crippen molar-refractivity contribution < 1.29 is 4.74 Å². The Morgan fingerprint density at radius 1 is 1.18 bits per heavy atom. The Balaban J connectivity index is 2.33. The van der Waals surface area contributed by atoms with E-state index < -0.39 is 0 Å². The lowest BCUT2D eigenvalue weighted by molar-refractivity contribution is 0.473. The summed E-state index contributed by atoms with van der Waals surface area (Å²) in [5.41, 5.74) is 7.50. The zero-order valence-electron chi connectivity index (χ0n) is 9.70. The van der Waals surface area contributed by atoms with Gasteiger partial charge in [-0.1, -0.05) is 11.6 Å². The van der Waals surface area contributed by atoms with Crippen molar-refractivity contribution in [3.8, 4) is 11.5 Å². The van der Waals surface area contributed by atoms with Gasteiger partial charge in [0, 0.05) is 5.02 Å². The summed E-state index contributed by atoms with van der Waals surface area (Å²) in [5.74, 6) is 1.94. The molecule has 0 aliphatic rings. The van der Waals surface area contributed by atoms with Crippen LogP contribution in [0.15, 0.2) is 30.5 Å². The van der Waals surface area contributed by atoms with E-state index in [0.717, 1.165) is 16.9 Å². The molecule has 0 fully saturated rings. The second-order valence-corrected chi connectivity index (χ2v) is 4.33. The number of aryl methyl sites for hydroxylation is 2. The fraction of sp³-hybridized carbons (Fsp3) is 0.154. The first-order chi connectivity index (χ1) is 8.06. The molecule has 0 amide bonds. The third-order valence-electron chi connectivity index (χ3n) is 2.40. The van der Waals surface area contributed by atoms with Crippen molar-refractivity contribution in [2.75, 3.05) is 5.73 Å². The number of nitrogen functional groups attached to an aromatic ring is 1. The van der Waals surface area contributed by atoms with Crippen LogP contribution in [0.25, 0.3) is 0 Å². The van der Waals surface area contributed by atoms with E-state index in [1.165, 1.54) is 0 Å². The summed E-state index contributed by atoms with van der Waals surface area (Å²) in [6.45, 7) is 3.91. The zero-order valence-corrected chi connectivity index (χ0v) is 10.5. The van der Waals surface area contributed by atoms with Crippen molar-refractivity contribution in [1.29, 1.82) is 0 Å². The maximum Gasteiger partial charge on any atom is 0.145 e. The first kappa shape index (κ1) is 11.7. The number of hydrogen-bond donors (Lipinski definition) is 1. The minimum atomic E-state index is 0.474. The van der Waals surface area contributed by atoms with Gasteiger partial charge in [-0.25, -0.2) is 4.98 Å². The van der Waals surface area contributed by atoms with E-state index in [1.807, 2.05) is 26.0 Å². The first-order valence-corrected chi connectivity index (χ1v) is 5.60. The standard InChI is InChI=1S/C13H13ClN2O/c1-8-5-10(14)6-9(2)13(8)17-11-3-4-12(15)16-7-11/h3-7H,1-2H3,(H2,15,16). The van der Waals surface area contributed by atoms with Crippen molar-refractivity contribution in [1.82, 2.24) is 4.98 Å². The lowest BCUT2D eigenvalue weighted by Gasteiger charge is -2.12. The molecule has 2 rings (SSSR count). The number of aromatic nitrogens is 1. The van der Waals surface area contributed by atoms with Crippen LogP contribution in [-0.2, 0) is 0 Å². The lowest BCUT2D eigenvalue weighted by atomic mass is 10.1. The number of ether oxygens (including phenoxy) is 1. The third-order valence-corrected chi connectivity index (χ3v) is 2.62. The smallest absolute Gasteiger partial charge is 0.145 e. The van der Waals surface area contributed by atoms with Gasteiger partial charge < -0.3 is 10.5 Å². The number of rotatable bonds is 2. The molecule has 0 aliphatic carbocycles. The van der Waals surface area contributed by atoms with E-state index in [9.17, 15) is 0 Å². The Morgan fingerprint density at radius 2 is 1.82 bits per heavy atom. The summed E-state index contributed by atoms with van der Waals surface area (Å²) in [5, 5.41) is 0.711. The van der Waals surface area contributed by atoms with E-state index in [-0.39, 0.29) is 0 Å². The molecule has 88 valence electrons. The van der Waals surface area contributed by atoms with Crippen LogP contribution in [0.2, 0.25) is 5.02 Å². The fourth-order valence-electron chi connectivity index (χ4n) is 1.63. The highest BCUT2D eigenvalue weighted by Crippen LogP contribution is 2.31. The van der Waals surface area contributed by atoms with Crippen molar-refractivity contribution in [3.63, 3.8) is 0 Å². The van der Waals surface area contributed by atoms with Gasteiger partial charge in [0.1, 0.15) is 17.3 Å². The second kappa shape index (κ2) is 4.63. The Morgan fingerprint density at radius 3 is 2.35 bits per heavy atom. The van der Waals surface area contributed by atoms with E-state index in [2.05, 4.69) is 4.98 Å². The lowest BCUT2D eigenvalue weighted by Crippen LogP contribution is -1.93. The van der Waals surface area contributed by atoms with Gasteiger partial charge in [0.25, 0.3) is 0 Å². The highest BCUT2D eigenvalue weighted by Gasteiger charge is 2.07. The zero-order chi connectivity index (χ0) is 12.4. The summed E-state index contributed by atoms with van der Waals surface area (Å²) in [7, 11) is 0. The number of halogens is 1. The van der Waals surface area contributed by atoms with Crippen LogP contribution in [0.3, 0.4) is 0 Å². The number of nitrogens with two attached hydrogens (primary N) is 1. The van der Waals surface area contributed by atoms with Crippen molar-refractivity contribution >= 4 is 17.4 Å². The molecule has 0 radical (unpaired) electrons. The molecule has 2 aromatic rings. The Bertz CT molecular complexity index is 515. The van der Waals surface area contributed by atoms with Crippen LogP contribution in [0.5, 0.6) is 11.5 Å². The van der Waals surface area contributed by atoms with Gasteiger partial charge in [0.05, 0.1) is 6.20 Å². The fourth-order valence-corrected chi connectivity index (χ4v) is 1.96. The summed E-state index contributed by atoms with van der Waals surface area (Å²) in [6.07, 6.45) is 1.60. The molecule has 1 aromatic heterocycles. The van der Waals surface area contributed by atoms with Gasteiger partial charge in [-0.05, 0) is 49.2 Å². The summed E-state index contributed by atoms with van der Waals surface area (Å²) < 4.78 is 5.77. The van der Waals surface area contributed by atoms with Crippen molar-refractivity contribution in [2.45, 2.75) is 13.8 Å². The molecule has 2 N–H and O–H groups in total. The maximum atomic E-state index is 5.96. The summed E-state index contributed by atoms with van der Waals surface area (Å²) in [4.78, 5) is 3.98. The minimum absolute atomic E-state index is 0.474. The number of pyridine rings is 1. The van der Waals surface area contributed by atoms with Crippen LogP contribution in [0.1, 0.15) is 11.1 Å². The van der Waals surface area contributed by atoms with E-state index in [0.29, 0.717) is 16.6 Å². The number of nitrogens with zero attached hydrogens (tertiary/aromatic N) is 1. The average Bonchev–Trinajstić information content (AvgIpc) is 2.26. The second-order valence-electron chi connectivity index (χ2n) is 3.89. The van der Waals surface area contributed by atoms with Crippen LogP contribution >= 0.6 is 11.6 Å². The number of benzene rings is 1. The Labute approximate surface area is 105 Å². The highest BCUT2D eigenvalue weighted by atomic mass is 35.5. The van der Waals surface area contributed by atoms with Crippen LogP contribution in [0, 0.1) is 13.8 Å². The molecule has 0 bridgehead atoms. The quantitative estimate of drug-likeness (QED) is 0.881. The van der Waals surface area contributed by atoms with E-state index >= 15 is 0 Å². The van der Waals surface area contributed by atoms with E-state index in [4.69, 9.17) is 22.1 Å². The largest absolute Gasteiger partial charge is 0.455 e. The summed E-state index contributed by atoms with van der Waals surface area (Å²) in [6, 6.07) is 7.23. The normalized spacial score (nSPS) is 10.3. The molecule has 0 aliphatic heterocycles. The van der Waals surface area contributed by atoms with Gasteiger partial charge in [0.2, 0.25) is 0 Å². The average molecular weight is 249 g/mol. The first-order valence-electron chi connectivity index (χ1n) is 5.22. The van der Waals surface area contributed by atoms with Crippen LogP contribution in [0.4, 0.5) is 5.82 Å². The monoisotopic (exact) mass is 248 g/mol. The van der Waals surface area contributed by atoms with Crippen molar-refractivity contribution in [3.05, 3.63) is 46.6 Å². The molecular formula is C13H13ClN2O. The van der Waals surface area contributed by atoms with Gasteiger partial charge in [-0.15, -0.1) is 0 Å². The molecule has 1 aromatic carbocycles. The minimum Gasteiger partial charge on any atom is -0.455 e. The molecule has 1 heterocycles. The molecule has 3 nitrogen and oxygen atoms in total. The van der Waals surface area contributed by atoms with Crippen molar-refractivity contribution in [2.24, 2.45) is 0 Å². The highest BCUT2D eigenvalue weighted by molar-refractivity contribution is 6.30. The summed E-state index contributed by atoms with van der Waals surface area (Å²) >= 11 is 5.96. The maximum absolute atomic E-state index is 5.96. The SMILES string of the molecule is Cc1cc(Cl)cc(C)c1Oc1ccc(N)nc1. The van der Waals surface area contributed by atoms with E-state index in [1.54, 1.807) is 18.3 Å². The van der Waals surface area contributed by atoms with Crippen LogP contribution < -0.4 is 10.5 Å². The predicted octanol–water partition coefficient (Wildman–Crippen LogP) is 3.73. The molecule has 0 unspecified atom stereocenters. The number of anilines is 1. The van der Waals surface area contributed by atoms with Crippen LogP contribution in [-0.4, -0.2) is 4.98 Å². The van der Waals surface area contributed by atoms with Gasteiger partial charge >= 0.3 is 0 Å². The molecule has 17 heavy (non-hydrogen) atoms. The predicted molar refractivity (Wildman–Crippen MR) is 69.6 cm³/mol. The Kier molecular flexibility index (Phi) is 3.20. The molecular weight excluding hydrogens is 236 g/mol. The third kappa shape index (κ3) is 2.68. The molecule has 0 spiro atoms. The molecule has 0 saturated heterocycles. The number of hydrogen-bond acceptors (Lipinski definition) is 3.